The van der Waals surface area contributed by atoms with Crippen LogP contribution in [-0.2, 0) is 13.1 Å². The Morgan fingerprint density at radius 2 is 1.65 bits per heavy atom. The minimum Gasteiger partial charge on any atom is -0.376 e. The van der Waals surface area contributed by atoms with Gasteiger partial charge in [0, 0.05) is 13.1 Å². The number of hydrogen-bond acceptors (Lipinski definition) is 3. The molecule has 1 heterocycles. The zero-order valence-corrected chi connectivity index (χ0v) is 12.8. The molecule has 0 bridgehead atoms. The summed E-state index contributed by atoms with van der Waals surface area (Å²) < 4.78 is 53.2. The van der Waals surface area contributed by atoms with Gasteiger partial charge in [-0.3, -0.25) is 0 Å². The van der Waals surface area contributed by atoms with Crippen molar-refractivity contribution in [1.29, 1.82) is 0 Å². The highest BCUT2D eigenvalue weighted by atomic mass is 19.2. The van der Waals surface area contributed by atoms with E-state index in [-0.39, 0.29) is 6.54 Å². The van der Waals surface area contributed by atoms with Gasteiger partial charge in [0.2, 0.25) is 11.6 Å². The molecule has 124 valence electrons. The van der Waals surface area contributed by atoms with Crippen LogP contribution >= 0.6 is 0 Å². The Morgan fingerprint density at radius 1 is 1.04 bits per heavy atom. The van der Waals surface area contributed by atoms with Crippen LogP contribution in [0.5, 0.6) is 0 Å². The molecule has 0 atom stereocenters. The largest absolute Gasteiger partial charge is 0.376 e. The van der Waals surface area contributed by atoms with Gasteiger partial charge in [0.05, 0.1) is 0 Å². The SMILES string of the molecule is CCN(C)Cc1cccc(CNc2c(F)c(F)nc(F)c2F)c1. The van der Waals surface area contributed by atoms with Crippen molar-refractivity contribution in [3.05, 3.63) is 58.9 Å². The highest BCUT2D eigenvalue weighted by Gasteiger charge is 2.20. The van der Waals surface area contributed by atoms with E-state index in [2.05, 4.69) is 15.2 Å². The van der Waals surface area contributed by atoms with Gasteiger partial charge >= 0.3 is 0 Å². The summed E-state index contributed by atoms with van der Waals surface area (Å²) in [5.41, 5.74) is 0.913. The molecule has 2 aromatic rings. The van der Waals surface area contributed by atoms with Crippen molar-refractivity contribution >= 4 is 5.69 Å². The zero-order valence-electron chi connectivity index (χ0n) is 12.8. The number of hydrogen-bond donors (Lipinski definition) is 1. The van der Waals surface area contributed by atoms with E-state index in [1.165, 1.54) is 0 Å². The molecule has 0 saturated heterocycles. The van der Waals surface area contributed by atoms with Crippen LogP contribution in [-0.4, -0.2) is 23.5 Å². The number of benzene rings is 1. The Balaban J connectivity index is 2.14. The van der Waals surface area contributed by atoms with Crippen LogP contribution in [0.25, 0.3) is 0 Å². The molecule has 0 aliphatic heterocycles. The van der Waals surface area contributed by atoms with Crippen molar-refractivity contribution in [2.75, 3.05) is 18.9 Å². The monoisotopic (exact) mass is 327 g/mol. The van der Waals surface area contributed by atoms with Crippen LogP contribution in [0.4, 0.5) is 23.2 Å². The maximum absolute atomic E-state index is 13.5. The Bertz CT molecular complexity index is 665. The van der Waals surface area contributed by atoms with Gasteiger partial charge in [0.15, 0.2) is 0 Å². The van der Waals surface area contributed by atoms with Crippen molar-refractivity contribution < 1.29 is 17.6 Å². The van der Waals surface area contributed by atoms with Gasteiger partial charge < -0.3 is 10.2 Å². The summed E-state index contributed by atoms with van der Waals surface area (Å²) in [5, 5.41) is 2.39. The lowest BCUT2D eigenvalue weighted by atomic mass is 10.1. The van der Waals surface area contributed by atoms with Crippen LogP contribution in [0.2, 0.25) is 0 Å². The first kappa shape index (κ1) is 17.2. The Hall–Kier alpha value is -2.15. The highest BCUT2D eigenvalue weighted by Crippen LogP contribution is 2.22. The highest BCUT2D eigenvalue weighted by molar-refractivity contribution is 5.46. The third-order valence-corrected chi connectivity index (χ3v) is 3.45. The minimum absolute atomic E-state index is 0.0282. The van der Waals surface area contributed by atoms with Crippen LogP contribution in [0.3, 0.4) is 0 Å². The first-order chi connectivity index (χ1) is 10.9. The third kappa shape index (κ3) is 4.19. The van der Waals surface area contributed by atoms with E-state index >= 15 is 0 Å². The Morgan fingerprint density at radius 3 is 2.26 bits per heavy atom. The predicted molar refractivity (Wildman–Crippen MR) is 79.8 cm³/mol. The molecular weight excluding hydrogens is 310 g/mol. The van der Waals surface area contributed by atoms with Crippen LogP contribution in [0.15, 0.2) is 24.3 Å². The average Bonchev–Trinajstić information content (AvgIpc) is 2.53. The lowest BCUT2D eigenvalue weighted by molar-refractivity contribution is 0.345. The van der Waals surface area contributed by atoms with Gasteiger partial charge in [0.1, 0.15) is 5.69 Å². The number of halogens is 4. The second kappa shape index (κ2) is 7.41. The van der Waals surface area contributed by atoms with E-state index in [0.717, 1.165) is 24.2 Å². The van der Waals surface area contributed by atoms with Crippen LogP contribution < -0.4 is 5.32 Å². The summed E-state index contributed by atoms with van der Waals surface area (Å²) in [4.78, 5) is 4.61. The van der Waals surface area contributed by atoms with Gasteiger partial charge in [-0.05, 0) is 24.7 Å². The van der Waals surface area contributed by atoms with Crippen molar-refractivity contribution in [3.63, 3.8) is 0 Å². The maximum atomic E-state index is 13.5. The molecule has 0 aliphatic carbocycles. The molecule has 0 amide bonds. The third-order valence-electron chi connectivity index (χ3n) is 3.45. The number of anilines is 1. The molecule has 0 fully saturated rings. The van der Waals surface area contributed by atoms with Gasteiger partial charge in [-0.1, -0.05) is 31.2 Å². The van der Waals surface area contributed by atoms with Crippen LogP contribution in [0, 0.1) is 23.5 Å². The second-order valence-electron chi connectivity index (χ2n) is 5.20. The first-order valence-corrected chi connectivity index (χ1v) is 7.12. The summed E-state index contributed by atoms with van der Waals surface area (Å²) in [5.74, 6) is -6.43. The number of rotatable bonds is 6. The number of nitrogens with zero attached hydrogens (tertiary/aromatic N) is 2. The standard InChI is InChI=1S/C16H17F4N3/c1-3-23(2)9-11-6-4-5-10(7-11)8-21-14-12(17)15(19)22-16(20)13(14)18/h4-7H,3,8-9H2,1-2H3,(H,21,22). The molecule has 7 heteroatoms. The molecule has 2 rings (SSSR count). The summed E-state index contributed by atoms with van der Waals surface area (Å²) in [6, 6.07) is 7.37. The molecule has 3 nitrogen and oxygen atoms in total. The fraction of sp³-hybridized carbons (Fsp3) is 0.312. The van der Waals surface area contributed by atoms with Crippen LogP contribution in [0.1, 0.15) is 18.1 Å². The molecule has 0 radical (unpaired) electrons. The molecule has 1 aromatic heterocycles. The van der Waals surface area contributed by atoms with E-state index in [1.54, 1.807) is 6.07 Å². The number of nitrogens with one attached hydrogen (secondary N) is 1. The Labute approximate surface area is 132 Å². The fourth-order valence-corrected chi connectivity index (χ4v) is 2.09. The Kier molecular flexibility index (Phi) is 5.54. The van der Waals surface area contributed by atoms with E-state index in [4.69, 9.17) is 0 Å². The molecule has 23 heavy (non-hydrogen) atoms. The molecule has 0 spiro atoms. The molecule has 0 unspecified atom stereocenters. The predicted octanol–water partition coefficient (Wildman–Crippen LogP) is 3.70. The lowest BCUT2D eigenvalue weighted by Gasteiger charge is -2.15. The lowest BCUT2D eigenvalue weighted by Crippen LogP contribution is -2.16. The number of aromatic nitrogens is 1. The maximum Gasteiger partial charge on any atom is 0.253 e. The van der Waals surface area contributed by atoms with E-state index < -0.39 is 29.2 Å². The van der Waals surface area contributed by atoms with E-state index in [0.29, 0.717) is 0 Å². The molecule has 0 saturated carbocycles. The summed E-state index contributed by atoms with van der Waals surface area (Å²) in [6.07, 6.45) is 0. The van der Waals surface area contributed by atoms with Gasteiger partial charge in [-0.2, -0.15) is 22.5 Å². The van der Waals surface area contributed by atoms with Gasteiger partial charge in [-0.15, -0.1) is 0 Å². The molecule has 1 aromatic carbocycles. The normalized spacial score (nSPS) is 11.1. The second-order valence-corrected chi connectivity index (χ2v) is 5.20. The summed E-state index contributed by atoms with van der Waals surface area (Å²) in [7, 11) is 1.97. The van der Waals surface area contributed by atoms with Gasteiger partial charge in [-0.25, -0.2) is 0 Å². The minimum atomic E-state index is -1.68. The zero-order chi connectivity index (χ0) is 17.0. The van der Waals surface area contributed by atoms with E-state index in [1.807, 2.05) is 32.2 Å². The molecule has 0 aliphatic rings. The van der Waals surface area contributed by atoms with Crippen molar-refractivity contribution in [3.8, 4) is 0 Å². The van der Waals surface area contributed by atoms with Gasteiger partial charge in [0.25, 0.3) is 11.9 Å². The fourth-order valence-electron chi connectivity index (χ4n) is 2.09. The van der Waals surface area contributed by atoms with E-state index in [9.17, 15) is 17.6 Å². The summed E-state index contributed by atoms with van der Waals surface area (Å²) >= 11 is 0. The average molecular weight is 327 g/mol. The quantitative estimate of drug-likeness (QED) is 0.648. The smallest absolute Gasteiger partial charge is 0.253 e. The van der Waals surface area contributed by atoms with Crippen molar-refractivity contribution in [2.45, 2.75) is 20.0 Å². The summed E-state index contributed by atoms with van der Waals surface area (Å²) in [6.45, 7) is 3.67. The van der Waals surface area contributed by atoms with Crippen molar-refractivity contribution in [1.82, 2.24) is 9.88 Å². The molecular formula is C16H17F4N3. The number of pyridine rings is 1. The first-order valence-electron chi connectivity index (χ1n) is 7.12. The molecule has 1 N–H and O–H groups in total. The van der Waals surface area contributed by atoms with Crippen molar-refractivity contribution in [2.24, 2.45) is 0 Å². The topological polar surface area (TPSA) is 28.2 Å².